The number of fused-ring (bicyclic) bond motifs is 4. The van der Waals surface area contributed by atoms with Crippen molar-refractivity contribution in [1.29, 1.82) is 0 Å². The first-order valence-corrected chi connectivity index (χ1v) is 39.6. The van der Waals surface area contributed by atoms with Crippen LogP contribution < -0.4 is 38.8 Å². The number of methoxy groups -OCH3 is 3. The van der Waals surface area contributed by atoms with E-state index in [1.807, 2.05) is 62.4 Å². The van der Waals surface area contributed by atoms with Crippen molar-refractivity contribution >= 4 is 80.0 Å². The second kappa shape index (κ2) is 31.7. The molecule has 4 aromatic carbocycles. The standard InChI is InChI=1S/C71H93N5O15Si2/c1-14-28-91-66(78)39-54(46(2)3)67(79)72-47(4)61(77)27-20-48-18-21-49(22-19-48)51-35-59-70(82)75(44-87-31-33-92(8,9)10)57-40-64(62(85-6)37-55(57)68(80)73(59)42-51)89-29-16-15-17-30-90-65-41-58-56(38-63(65)86-7)69(81)74-43-52(50-23-25-53(84-5)26-24-50)36-60(74)71(83)76(58)45-88-32-34-93(11,12)13/h14,18-19,21-26,37-38,40-43,46-47,54,59-60H,1,15-17,20,27-36,39,44-45H2,2-13H3,(H,72,79)/t47-,54-,59-,60-/m0/s1. The first-order valence-electron chi connectivity index (χ1n) is 32.2. The molecule has 0 bridgehead atoms. The lowest BCUT2D eigenvalue weighted by atomic mass is 9.91. The fourth-order valence-electron chi connectivity index (χ4n) is 11.4. The highest BCUT2D eigenvalue weighted by atomic mass is 28.3. The highest BCUT2D eigenvalue weighted by molar-refractivity contribution is 6.76. The number of nitrogens with one attached hydrogen (secondary N) is 1. The quantitative estimate of drug-likeness (QED) is 0.0199. The molecule has 4 aliphatic rings. The van der Waals surface area contributed by atoms with Crippen LogP contribution in [0.3, 0.4) is 0 Å². The van der Waals surface area contributed by atoms with Gasteiger partial charge in [0, 0.05) is 73.2 Å². The van der Waals surface area contributed by atoms with Crippen LogP contribution in [-0.2, 0) is 44.6 Å². The molecule has 0 fully saturated rings. The molecule has 0 spiro atoms. The lowest BCUT2D eigenvalue weighted by Gasteiger charge is -2.27. The minimum absolute atomic E-state index is 0.0411. The van der Waals surface area contributed by atoms with E-state index in [4.69, 9.17) is 37.9 Å². The summed E-state index contributed by atoms with van der Waals surface area (Å²) < 4.78 is 47.4. The van der Waals surface area contributed by atoms with E-state index in [2.05, 4.69) is 51.2 Å². The molecule has 4 heterocycles. The number of nitrogens with zero attached hydrogens (tertiary/aromatic N) is 4. The topological polar surface area (TPSA) is 218 Å². The van der Waals surface area contributed by atoms with Crippen molar-refractivity contribution in [3.63, 3.8) is 0 Å². The molecule has 4 aliphatic heterocycles. The molecule has 8 rings (SSSR count). The van der Waals surface area contributed by atoms with Crippen LogP contribution >= 0.6 is 0 Å². The van der Waals surface area contributed by atoms with Gasteiger partial charge in [-0.3, -0.25) is 43.4 Å². The number of ether oxygens (including phenoxy) is 8. The number of ketones is 1. The van der Waals surface area contributed by atoms with Gasteiger partial charge in [0.2, 0.25) is 5.91 Å². The van der Waals surface area contributed by atoms with E-state index in [0.29, 0.717) is 91.0 Å². The third-order valence-electron chi connectivity index (χ3n) is 17.2. The largest absolute Gasteiger partial charge is 0.497 e. The van der Waals surface area contributed by atoms with Gasteiger partial charge in [0.1, 0.15) is 37.9 Å². The molecular formula is C71H93N5O15Si2. The Labute approximate surface area is 549 Å². The van der Waals surface area contributed by atoms with Gasteiger partial charge in [0.15, 0.2) is 28.8 Å². The average Bonchev–Trinajstić information content (AvgIpc) is 1.65. The van der Waals surface area contributed by atoms with Crippen molar-refractivity contribution in [3.05, 3.63) is 126 Å². The molecule has 0 aliphatic carbocycles. The number of unbranched alkanes of at least 4 members (excludes halogenated alkanes) is 2. The molecule has 4 atom stereocenters. The number of hydrogen-bond donors (Lipinski definition) is 1. The normalized spacial score (nSPS) is 16.9. The van der Waals surface area contributed by atoms with Gasteiger partial charge in [-0.1, -0.05) is 102 Å². The molecule has 1 N–H and O–H groups in total. The van der Waals surface area contributed by atoms with Crippen molar-refractivity contribution < 1.29 is 71.5 Å². The van der Waals surface area contributed by atoms with E-state index in [1.165, 1.54) is 35.0 Å². The molecule has 0 saturated carbocycles. The number of carbonyl (C=O) groups is 7. The molecule has 4 aromatic rings. The number of benzene rings is 4. The molecular weight excluding hydrogens is 1220 g/mol. The van der Waals surface area contributed by atoms with Crippen LogP contribution in [0, 0.1) is 11.8 Å². The first kappa shape index (κ1) is 70.8. The Hall–Kier alpha value is -8.06. The van der Waals surface area contributed by atoms with Gasteiger partial charge >= 0.3 is 5.97 Å². The summed E-state index contributed by atoms with van der Waals surface area (Å²) in [5.74, 6) is -1.02. The van der Waals surface area contributed by atoms with Gasteiger partial charge in [0.05, 0.1) is 75.4 Å². The minimum atomic E-state index is -1.50. The summed E-state index contributed by atoms with van der Waals surface area (Å²) in [5.41, 5.74) is 5.54. The van der Waals surface area contributed by atoms with E-state index < -0.39 is 46.2 Å². The number of rotatable bonds is 34. The molecule has 5 amide bonds. The fourth-order valence-corrected chi connectivity index (χ4v) is 12.9. The number of Topliss-reactive ketones (excluding diaryl/α,β-unsaturated/α-hetero) is 1. The number of carbonyl (C=O) groups excluding carboxylic acids is 7. The number of hydrogen-bond acceptors (Lipinski definition) is 15. The summed E-state index contributed by atoms with van der Waals surface area (Å²) >= 11 is 0. The second-order valence-corrected chi connectivity index (χ2v) is 38.1. The summed E-state index contributed by atoms with van der Waals surface area (Å²) in [6.45, 7) is 23.8. The van der Waals surface area contributed by atoms with E-state index in [9.17, 15) is 33.6 Å². The monoisotopic (exact) mass is 1310 g/mol. The molecule has 0 unspecified atom stereocenters. The van der Waals surface area contributed by atoms with Gasteiger partial charge in [-0.05, 0) is 103 Å². The zero-order chi connectivity index (χ0) is 67.3. The lowest BCUT2D eigenvalue weighted by Crippen LogP contribution is -2.45. The lowest BCUT2D eigenvalue weighted by molar-refractivity contribution is -0.146. The maximum absolute atomic E-state index is 14.9. The van der Waals surface area contributed by atoms with Crippen LogP contribution in [0.5, 0.6) is 28.7 Å². The van der Waals surface area contributed by atoms with Crippen LogP contribution in [0.15, 0.2) is 97.9 Å². The number of amides is 5. The van der Waals surface area contributed by atoms with Crippen molar-refractivity contribution in [1.82, 2.24) is 15.1 Å². The second-order valence-electron chi connectivity index (χ2n) is 26.8. The maximum Gasteiger partial charge on any atom is 0.306 e. The van der Waals surface area contributed by atoms with Crippen molar-refractivity contribution in [2.45, 2.75) is 142 Å². The number of esters is 1. The van der Waals surface area contributed by atoms with E-state index in [1.54, 1.807) is 55.6 Å². The Morgan fingerprint density at radius 3 is 1.53 bits per heavy atom. The van der Waals surface area contributed by atoms with E-state index in [-0.39, 0.29) is 99.3 Å². The van der Waals surface area contributed by atoms with Crippen LogP contribution in [0.2, 0.25) is 51.4 Å². The zero-order valence-corrected chi connectivity index (χ0v) is 58.2. The Morgan fingerprint density at radius 1 is 0.624 bits per heavy atom. The SMILES string of the molecule is C=CCOC(=O)C[C@H](C(=O)N[C@@H](C)C(=O)CCc1ccc(C2=CN3C(=O)c4cc(OC)c(OCCCCCOc5cc6c(cc5OC)C(=O)N5C=C(c7ccc(OC)cc7)C[C@H]5C(=O)N6COCC[Si](C)(C)C)cc4N(COCC[Si](C)(C)C)C(=O)[C@@H]3C2)cc1)C(C)C. The van der Waals surface area contributed by atoms with Crippen molar-refractivity contribution in [3.8, 4) is 28.7 Å². The summed E-state index contributed by atoms with van der Waals surface area (Å²) in [4.78, 5) is 104. The highest BCUT2D eigenvalue weighted by Gasteiger charge is 2.45. The molecule has 0 radical (unpaired) electrons. The minimum Gasteiger partial charge on any atom is -0.497 e. The summed E-state index contributed by atoms with van der Waals surface area (Å²) in [7, 11) is 1.67. The van der Waals surface area contributed by atoms with Gasteiger partial charge in [-0.15, -0.1) is 0 Å². The van der Waals surface area contributed by atoms with Crippen LogP contribution in [0.1, 0.15) is 103 Å². The highest BCUT2D eigenvalue weighted by Crippen LogP contribution is 2.44. The molecule has 93 heavy (non-hydrogen) atoms. The van der Waals surface area contributed by atoms with E-state index >= 15 is 0 Å². The van der Waals surface area contributed by atoms with Gasteiger partial charge in [0.25, 0.3) is 23.6 Å². The van der Waals surface area contributed by atoms with Gasteiger partial charge in [-0.2, -0.15) is 0 Å². The van der Waals surface area contributed by atoms with Crippen molar-refractivity contribution in [2.24, 2.45) is 11.8 Å². The van der Waals surface area contributed by atoms with E-state index in [0.717, 1.165) is 39.9 Å². The number of anilines is 2. The Morgan fingerprint density at radius 2 is 1.10 bits per heavy atom. The zero-order valence-electron chi connectivity index (χ0n) is 56.2. The Kier molecular flexibility index (Phi) is 24.1. The Bertz CT molecular complexity index is 3450. The van der Waals surface area contributed by atoms with Gasteiger partial charge < -0.3 is 53.0 Å². The van der Waals surface area contributed by atoms with Crippen molar-refractivity contribution in [2.75, 3.05) is 77.6 Å². The molecule has 22 heteroatoms. The molecule has 0 aromatic heterocycles. The van der Waals surface area contributed by atoms with Crippen LogP contribution in [-0.4, -0.2) is 153 Å². The third-order valence-corrected chi connectivity index (χ3v) is 20.6. The van der Waals surface area contributed by atoms with Gasteiger partial charge in [-0.25, -0.2) is 0 Å². The fraction of sp³-hybridized carbons (Fsp3) is 0.479. The van der Waals surface area contributed by atoms with Crippen LogP contribution in [0.4, 0.5) is 11.4 Å². The summed E-state index contributed by atoms with van der Waals surface area (Å²) in [5, 5.41) is 2.79. The predicted molar refractivity (Wildman–Crippen MR) is 363 cm³/mol. The molecule has 500 valence electrons. The maximum atomic E-state index is 14.9. The Balaban J connectivity index is 0.914. The summed E-state index contributed by atoms with van der Waals surface area (Å²) in [6, 6.07) is 21.3. The predicted octanol–water partition coefficient (Wildman–Crippen LogP) is 11.6. The number of aryl methyl sites for hydroxylation is 1. The molecule has 20 nitrogen and oxygen atoms in total. The smallest absolute Gasteiger partial charge is 0.306 e. The summed E-state index contributed by atoms with van der Waals surface area (Å²) in [6.07, 6.45) is 7.95. The third kappa shape index (κ3) is 18.0. The molecule has 0 saturated heterocycles. The van der Waals surface area contributed by atoms with Crippen LogP contribution in [0.25, 0.3) is 11.1 Å². The first-order chi connectivity index (χ1) is 44.3. The average molecular weight is 1310 g/mol.